The molecule has 0 aliphatic heterocycles. The van der Waals surface area contributed by atoms with Crippen molar-refractivity contribution in [2.45, 2.75) is 19.4 Å². The molecule has 5 heteroatoms. The predicted molar refractivity (Wildman–Crippen MR) is 90.7 cm³/mol. The zero-order valence-electron chi connectivity index (χ0n) is 11.5. The van der Waals surface area contributed by atoms with Gasteiger partial charge in [0.1, 0.15) is 5.82 Å². The maximum atomic E-state index is 13.8. The molecule has 1 N–H and O–H groups in total. The number of nitrogens with one attached hydrogen (secondary N) is 1. The normalized spacial score (nSPS) is 12.4. The maximum Gasteiger partial charge on any atom is 0.137 e. The van der Waals surface area contributed by atoms with Gasteiger partial charge in [-0.1, -0.05) is 54.4 Å². The molecule has 2 rings (SSSR count). The molecule has 0 radical (unpaired) electrons. The highest BCUT2D eigenvalue weighted by atomic mass is 79.9. The second-order valence-electron chi connectivity index (χ2n) is 4.67. The predicted octanol–water partition coefficient (Wildman–Crippen LogP) is 5.98. The Morgan fingerprint density at radius 1 is 1.14 bits per heavy atom. The summed E-state index contributed by atoms with van der Waals surface area (Å²) in [6, 6.07) is 10.2. The summed E-state index contributed by atoms with van der Waals surface area (Å²) >= 11 is 15.8. The van der Waals surface area contributed by atoms with Gasteiger partial charge in [-0.25, -0.2) is 4.39 Å². The minimum Gasteiger partial charge on any atom is -0.306 e. The van der Waals surface area contributed by atoms with Crippen molar-refractivity contribution >= 4 is 39.1 Å². The molecule has 2 aromatic carbocycles. The molecule has 1 unspecified atom stereocenters. The molecule has 21 heavy (non-hydrogen) atoms. The van der Waals surface area contributed by atoms with E-state index >= 15 is 0 Å². The maximum absolute atomic E-state index is 13.8. The summed E-state index contributed by atoms with van der Waals surface area (Å²) in [4.78, 5) is 0. The van der Waals surface area contributed by atoms with Crippen molar-refractivity contribution in [2.24, 2.45) is 0 Å². The summed E-state index contributed by atoms with van der Waals surface area (Å²) in [7, 11) is 0. The van der Waals surface area contributed by atoms with Crippen LogP contribution in [0.25, 0.3) is 0 Å². The molecule has 0 saturated heterocycles. The van der Waals surface area contributed by atoms with Gasteiger partial charge in [0.25, 0.3) is 0 Å². The molecular formula is C16H15BrCl2FN. The van der Waals surface area contributed by atoms with E-state index in [1.807, 2.05) is 18.2 Å². The van der Waals surface area contributed by atoms with E-state index in [2.05, 4.69) is 28.2 Å². The van der Waals surface area contributed by atoms with Crippen LogP contribution >= 0.6 is 39.1 Å². The Balaban J connectivity index is 2.52. The molecule has 0 aliphatic rings. The fraction of sp³-hybridized carbons (Fsp3) is 0.250. The van der Waals surface area contributed by atoms with Crippen LogP contribution in [0.2, 0.25) is 10.0 Å². The van der Waals surface area contributed by atoms with Crippen LogP contribution < -0.4 is 5.32 Å². The van der Waals surface area contributed by atoms with Crippen LogP contribution in [0.15, 0.2) is 40.9 Å². The average Bonchev–Trinajstić information content (AvgIpc) is 2.47. The van der Waals surface area contributed by atoms with Crippen LogP contribution in [0.3, 0.4) is 0 Å². The lowest BCUT2D eigenvalue weighted by Gasteiger charge is -2.22. The summed E-state index contributed by atoms with van der Waals surface area (Å²) in [6.07, 6.45) is 0.960. The Morgan fingerprint density at radius 3 is 2.52 bits per heavy atom. The molecule has 1 nitrogen and oxygen atoms in total. The minimum absolute atomic E-state index is 0.221. The van der Waals surface area contributed by atoms with Crippen LogP contribution in [0.1, 0.15) is 30.5 Å². The summed E-state index contributed by atoms with van der Waals surface area (Å²) < 4.78 is 14.3. The fourth-order valence-corrected chi connectivity index (χ4v) is 3.07. The van der Waals surface area contributed by atoms with Gasteiger partial charge in [0.05, 0.1) is 20.6 Å². The Bertz CT molecular complexity index is 582. The van der Waals surface area contributed by atoms with Crippen LogP contribution in [0.5, 0.6) is 0 Å². The lowest BCUT2D eigenvalue weighted by atomic mass is 9.98. The summed E-state index contributed by atoms with van der Waals surface area (Å²) in [5.74, 6) is -0.297. The van der Waals surface area contributed by atoms with Crippen LogP contribution in [0.4, 0.5) is 4.39 Å². The molecule has 0 saturated carbocycles. The van der Waals surface area contributed by atoms with Gasteiger partial charge in [-0.2, -0.15) is 0 Å². The first-order valence-corrected chi connectivity index (χ1v) is 8.22. The highest BCUT2D eigenvalue weighted by Crippen LogP contribution is 2.36. The standard InChI is InChI=1S/C16H15BrCl2FN/c1-2-9-21-16(10-5-4-8-13(20)14(10)17)11-6-3-7-12(18)15(11)19/h3-8,16,21H,2,9H2,1H3. The quantitative estimate of drug-likeness (QED) is 0.661. The van der Waals surface area contributed by atoms with Crippen molar-refractivity contribution in [1.29, 1.82) is 0 Å². The van der Waals surface area contributed by atoms with Crippen molar-refractivity contribution in [2.75, 3.05) is 6.54 Å². The first-order valence-electron chi connectivity index (χ1n) is 6.67. The second-order valence-corrected chi connectivity index (χ2v) is 6.25. The average molecular weight is 391 g/mol. The molecular weight excluding hydrogens is 376 g/mol. The van der Waals surface area contributed by atoms with E-state index in [-0.39, 0.29) is 11.9 Å². The number of hydrogen-bond donors (Lipinski definition) is 1. The molecule has 2 aromatic rings. The van der Waals surface area contributed by atoms with Crippen molar-refractivity contribution < 1.29 is 4.39 Å². The summed E-state index contributed by atoms with van der Waals surface area (Å²) in [5, 5.41) is 4.38. The van der Waals surface area contributed by atoms with Gasteiger partial charge in [-0.3, -0.25) is 0 Å². The molecule has 0 fully saturated rings. The Hall–Kier alpha value is -0.610. The van der Waals surface area contributed by atoms with Crippen molar-refractivity contribution in [1.82, 2.24) is 5.32 Å². The smallest absolute Gasteiger partial charge is 0.137 e. The third-order valence-electron chi connectivity index (χ3n) is 3.18. The van der Waals surface area contributed by atoms with E-state index < -0.39 is 0 Å². The van der Waals surface area contributed by atoms with Gasteiger partial charge in [0, 0.05) is 0 Å². The number of rotatable bonds is 5. The molecule has 0 heterocycles. The SMILES string of the molecule is CCCNC(c1cccc(Cl)c1Cl)c1cccc(F)c1Br. The molecule has 0 aliphatic carbocycles. The monoisotopic (exact) mass is 389 g/mol. The number of halogens is 4. The van der Waals surface area contributed by atoms with E-state index in [0.717, 1.165) is 24.1 Å². The Morgan fingerprint density at radius 2 is 1.81 bits per heavy atom. The van der Waals surface area contributed by atoms with Gasteiger partial charge in [0.2, 0.25) is 0 Å². The number of hydrogen-bond acceptors (Lipinski definition) is 1. The third-order valence-corrected chi connectivity index (χ3v) is 4.85. The highest BCUT2D eigenvalue weighted by Gasteiger charge is 2.21. The fourth-order valence-electron chi connectivity index (χ4n) is 2.16. The van der Waals surface area contributed by atoms with Crippen molar-refractivity contribution in [3.05, 3.63) is 67.9 Å². The molecule has 0 aromatic heterocycles. The molecule has 1 atom stereocenters. The highest BCUT2D eigenvalue weighted by molar-refractivity contribution is 9.10. The third kappa shape index (κ3) is 3.78. The van der Waals surface area contributed by atoms with Crippen LogP contribution in [0, 0.1) is 5.82 Å². The Kier molecular flexibility index (Phi) is 6.06. The van der Waals surface area contributed by atoms with Crippen molar-refractivity contribution in [3.8, 4) is 0 Å². The van der Waals surface area contributed by atoms with E-state index in [0.29, 0.717) is 14.5 Å². The first-order chi connectivity index (χ1) is 10.1. The summed E-state index contributed by atoms with van der Waals surface area (Å²) in [6.45, 7) is 2.86. The van der Waals surface area contributed by atoms with Crippen molar-refractivity contribution in [3.63, 3.8) is 0 Å². The van der Waals surface area contributed by atoms with E-state index in [9.17, 15) is 4.39 Å². The molecule has 0 bridgehead atoms. The van der Waals surface area contributed by atoms with Gasteiger partial charge in [0.15, 0.2) is 0 Å². The zero-order valence-corrected chi connectivity index (χ0v) is 14.6. The molecule has 0 spiro atoms. The lowest BCUT2D eigenvalue weighted by Crippen LogP contribution is -2.24. The zero-order chi connectivity index (χ0) is 15.4. The lowest BCUT2D eigenvalue weighted by molar-refractivity contribution is 0.580. The molecule has 0 amide bonds. The van der Waals surface area contributed by atoms with Gasteiger partial charge < -0.3 is 5.32 Å². The molecule has 112 valence electrons. The first kappa shape index (κ1) is 16.8. The van der Waals surface area contributed by atoms with E-state index in [4.69, 9.17) is 23.2 Å². The van der Waals surface area contributed by atoms with E-state index in [1.165, 1.54) is 6.07 Å². The minimum atomic E-state index is -0.297. The number of benzene rings is 2. The largest absolute Gasteiger partial charge is 0.306 e. The van der Waals surface area contributed by atoms with Gasteiger partial charge in [-0.05, 0) is 52.2 Å². The van der Waals surface area contributed by atoms with Gasteiger partial charge >= 0.3 is 0 Å². The van der Waals surface area contributed by atoms with Crippen LogP contribution in [-0.2, 0) is 0 Å². The Labute approximate surface area is 142 Å². The van der Waals surface area contributed by atoms with E-state index in [1.54, 1.807) is 12.1 Å². The van der Waals surface area contributed by atoms with Gasteiger partial charge in [-0.15, -0.1) is 0 Å². The topological polar surface area (TPSA) is 12.0 Å². The van der Waals surface area contributed by atoms with Crippen LogP contribution in [-0.4, -0.2) is 6.54 Å². The second kappa shape index (κ2) is 7.59. The summed E-state index contributed by atoms with van der Waals surface area (Å²) in [5.41, 5.74) is 1.64.